The lowest BCUT2D eigenvalue weighted by Crippen LogP contribution is -2.62. The second kappa shape index (κ2) is 24.9. The predicted molar refractivity (Wildman–Crippen MR) is 300 cm³/mol. The Balaban J connectivity index is 1.04. The maximum absolute atomic E-state index is 14.9. The van der Waals surface area contributed by atoms with Crippen LogP contribution in [0.1, 0.15) is 152 Å². The van der Waals surface area contributed by atoms with E-state index in [4.69, 9.17) is 0 Å². The van der Waals surface area contributed by atoms with Crippen molar-refractivity contribution < 1.29 is 33.6 Å². The molecular weight excluding hydrogens is 971 g/mol. The molecule has 1 aliphatic heterocycles. The standard InChI is InChI=1S/C61H85N9O7/c1-35(62-10)36(2)64-54(60(4,5)6)53(73)46-32-43(33-47(46)57(75)67-48-24-16-20-38-18-12-14-22-44(38)48)66-52(72)29-28-51(71)65-42-27-26-40-31-50(58(76)68-49-25-17-21-39-19-13-15-23-45(39)49)70(34-41(40)30-42)59(77)55(61(7,8)9)69-56(74)37(3)63-11/h12-15,18-19,22-23,26-27,30,35,37,43,46-50,54-55,62-64H,2,16-17,20-21,24-25,28-29,31-34H2,1,3-11H3,(H,65,71)(H,66,72)(H,67,75)(H,68,76)(H,69,74)/t35-,37-,43?,46?,47+,48?,49?,50-,54+,55+/m0/s1. The number of rotatable bonds is 19. The number of Topliss-reactive ketones (excluding diaryl/α,β-unsaturated/α-hetero) is 1. The van der Waals surface area contributed by atoms with Gasteiger partial charge in [0.25, 0.3) is 0 Å². The molecule has 10 atom stereocenters. The average Bonchev–Trinajstić information content (AvgIpc) is 3.84. The van der Waals surface area contributed by atoms with Crippen LogP contribution in [0.15, 0.2) is 79.0 Å². The van der Waals surface area contributed by atoms with Crippen LogP contribution in [-0.2, 0) is 59.4 Å². The Kier molecular flexibility index (Phi) is 18.9. The van der Waals surface area contributed by atoms with E-state index < -0.39 is 58.8 Å². The van der Waals surface area contributed by atoms with Gasteiger partial charge in [-0.15, -0.1) is 0 Å². The number of carbonyl (C=O) groups is 7. The number of anilines is 1. The molecule has 3 aromatic carbocycles. The number of aryl methyl sites for hydroxylation is 2. The summed E-state index contributed by atoms with van der Waals surface area (Å²) in [7, 11) is 3.50. The molecule has 4 unspecified atom stereocenters. The Morgan fingerprint density at radius 3 is 1.78 bits per heavy atom. The summed E-state index contributed by atoms with van der Waals surface area (Å²) < 4.78 is 0. The first-order chi connectivity index (χ1) is 36.5. The molecule has 6 amide bonds. The molecule has 1 heterocycles. The lowest BCUT2D eigenvalue weighted by Gasteiger charge is -2.42. The number of hydrogen-bond donors (Lipinski definition) is 8. The molecule has 0 spiro atoms. The number of nitrogens with one attached hydrogen (secondary N) is 8. The third-order valence-corrected chi connectivity index (χ3v) is 16.4. The van der Waals surface area contributed by atoms with Crippen LogP contribution in [0.2, 0.25) is 0 Å². The highest BCUT2D eigenvalue weighted by molar-refractivity contribution is 5.96. The number of likely N-dealkylation sites (N-methyl/N-ethyl adjacent to an activating group) is 2. The Morgan fingerprint density at radius 1 is 0.636 bits per heavy atom. The van der Waals surface area contributed by atoms with Gasteiger partial charge in [-0.25, -0.2) is 0 Å². The number of fused-ring (bicyclic) bond motifs is 3. The molecule has 77 heavy (non-hydrogen) atoms. The summed E-state index contributed by atoms with van der Waals surface area (Å²) in [4.78, 5) is 101. The van der Waals surface area contributed by atoms with Crippen molar-refractivity contribution >= 4 is 46.9 Å². The molecular formula is C61H85N9O7. The summed E-state index contributed by atoms with van der Waals surface area (Å²) >= 11 is 0. The van der Waals surface area contributed by atoms with Gasteiger partial charge >= 0.3 is 0 Å². The Hall–Kier alpha value is -6.39. The molecule has 0 aromatic heterocycles. The van der Waals surface area contributed by atoms with Crippen LogP contribution in [0.3, 0.4) is 0 Å². The average molecular weight is 1060 g/mol. The minimum Gasteiger partial charge on any atom is -0.377 e. The van der Waals surface area contributed by atoms with Gasteiger partial charge in [0.15, 0.2) is 5.78 Å². The third-order valence-electron chi connectivity index (χ3n) is 16.4. The molecule has 0 radical (unpaired) electrons. The molecule has 4 aliphatic rings. The molecule has 16 nitrogen and oxygen atoms in total. The van der Waals surface area contributed by atoms with Crippen molar-refractivity contribution in [1.29, 1.82) is 0 Å². The summed E-state index contributed by atoms with van der Waals surface area (Å²) in [6.07, 6.45) is 5.77. The summed E-state index contributed by atoms with van der Waals surface area (Å²) in [5, 5.41) is 25.1. The number of amides is 6. The molecule has 8 N–H and O–H groups in total. The first kappa shape index (κ1) is 58.3. The molecule has 0 bridgehead atoms. The number of ketones is 1. The van der Waals surface area contributed by atoms with Gasteiger partial charge < -0.3 is 47.4 Å². The quantitative estimate of drug-likeness (QED) is 0.0662. The minimum atomic E-state index is -0.958. The molecule has 7 rings (SSSR count). The largest absolute Gasteiger partial charge is 0.377 e. The SMILES string of the molecule is C=C(N[C@H](C(=O)C1CC(NC(=O)CCC(=O)Nc2ccc3c(c2)CN(C(=O)[C@@H](NC(=O)[C@H](C)NC)C(C)(C)C)[C@H](C(=O)NC2CCCc4ccccc42)C3)C[C@H]1C(=O)NC1CCCc2ccccc21)C(C)(C)C)[C@H](C)NC. The van der Waals surface area contributed by atoms with E-state index in [0.29, 0.717) is 11.4 Å². The highest BCUT2D eigenvalue weighted by atomic mass is 16.2. The van der Waals surface area contributed by atoms with Gasteiger partial charge in [0.05, 0.1) is 24.2 Å². The molecule has 1 fully saturated rings. The minimum absolute atomic E-state index is 0.0535. The van der Waals surface area contributed by atoms with E-state index in [2.05, 4.69) is 67.3 Å². The van der Waals surface area contributed by atoms with Crippen LogP contribution in [0, 0.1) is 22.7 Å². The summed E-state index contributed by atoms with van der Waals surface area (Å²) in [5.41, 5.74) is 6.05. The maximum atomic E-state index is 14.9. The van der Waals surface area contributed by atoms with E-state index in [1.54, 1.807) is 31.0 Å². The molecule has 416 valence electrons. The first-order valence-corrected chi connectivity index (χ1v) is 27.9. The fourth-order valence-corrected chi connectivity index (χ4v) is 11.6. The van der Waals surface area contributed by atoms with E-state index in [1.807, 2.05) is 91.9 Å². The Bertz CT molecular complexity index is 2690. The monoisotopic (exact) mass is 1060 g/mol. The van der Waals surface area contributed by atoms with Gasteiger partial charge in [-0.2, -0.15) is 0 Å². The van der Waals surface area contributed by atoms with Crippen LogP contribution in [0.4, 0.5) is 5.69 Å². The van der Waals surface area contributed by atoms with Crippen molar-refractivity contribution in [3.8, 4) is 0 Å². The Morgan fingerprint density at radius 2 is 1.19 bits per heavy atom. The number of hydrogen-bond acceptors (Lipinski definition) is 10. The zero-order chi connectivity index (χ0) is 55.9. The summed E-state index contributed by atoms with van der Waals surface area (Å²) in [6, 6.07) is 17.7. The van der Waals surface area contributed by atoms with Crippen molar-refractivity contribution in [1.82, 2.24) is 42.1 Å². The third kappa shape index (κ3) is 14.2. The molecule has 16 heteroatoms. The molecule has 3 aromatic rings. The van der Waals surface area contributed by atoms with Crippen LogP contribution in [0.25, 0.3) is 0 Å². The van der Waals surface area contributed by atoms with Crippen molar-refractivity contribution in [2.45, 2.75) is 181 Å². The van der Waals surface area contributed by atoms with E-state index >= 15 is 0 Å². The lowest BCUT2D eigenvalue weighted by atomic mass is 9.77. The van der Waals surface area contributed by atoms with Gasteiger partial charge in [0, 0.05) is 61.1 Å². The van der Waals surface area contributed by atoms with Gasteiger partial charge in [-0.05, 0) is 136 Å². The molecule has 3 aliphatic carbocycles. The van der Waals surface area contributed by atoms with E-state index in [0.717, 1.165) is 60.8 Å². The van der Waals surface area contributed by atoms with Crippen molar-refractivity contribution in [3.05, 3.63) is 112 Å². The number of nitrogens with zero attached hydrogens (tertiary/aromatic N) is 1. The lowest BCUT2D eigenvalue weighted by molar-refractivity contribution is -0.147. The van der Waals surface area contributed by atoms with Crippen LogP contribution in [0.5, 0.6) is 0 Å². The van der Waals surface area contributed by atoms with E-state index in [9.17, 15) is 33.6 Å². The Labute approximate surface area is 456 Å². The highest BCUT2D eigenvalue weighted by Crippen LogP contribution is 2.39. The van der Waals surface area contributed by atoms with Gasteiger partial charge in [-0.1, -0.05) is 103 Å². The van der Waals surface area contributed by atoms with Crippen LogP contribution < -0.4 is 42.5 Å². The highest BCUT2D eigenvalue weighted by Gasteiger charge is 2.48. The number of carbonyl (C=O) groups excluding carboxylic acids is 7. The van der Waals surface area contributed by atoms with Crippen LogP contribution >= 0.6 is 0 Å². The predicted octanol–water partition coefficient (Wildman–Crippen LogP) is 6.39. The van der Waals surface area contributed by atoms with Crippen molar-refractivity contribution in [3.63, 3.8) is 0 Å². The zero-order valence-electron chi connectivity index (χ0n) is 47.1. The van der Waals surface area contributed by atoms with E-state index in [-0.39, 0.29) is 92.1 Å². The van der Waals surface area contributed by atoms with Gasteiger partial charge in [-0.3, -0.25) is 33.6 Å². The van der Waals surface area contributed by atoms with Gasteiger partial charge in [0.2, 0.25) is 35.4 Å². The van der Waals surface area contributed by atoms with Crippen molar-refractivity contribution in [2.75, 3.05) is 19.4 Å². The molecule has 0 saturated heterocycles. The fraction of sp³-hybridized carbons (Fsp3) is 0.557. The summed E-state index contributed by atoms with van der Waals surface area (Å²) in [5.74, 6) is -3.48. The topological polar surface area (TPSA) is 219 Å². The fourth-order valence-electron chi connectivity index (χ4n) is 11.6. The summed E-state index contributed by atoms with van der Waals surface area (Å²) in [6.45, 7) is 19.5. The second-order valence-electron chi connectivity index (χ2n) is 24.2. The normalized spacial score (nSPS) is 22.5. The second-order valence-corrected chi connectivity index (χ2v) is 24.2. The molecule has 1 saturated carbocycles. The first-order valence-electron chi connectivity index (χ1n) is 27.9. The smallest absolute Gasteiger partial charge is 0.246 e. The zero-order valence-corrected chi connectivity index (χ0v) is 47.1. The maximum Gasteiger partial charge on any atom is 0.246 e. The number of benzene rings is 3. The van der Waals surface area contributed by atoms with Gasteiger partial charge in [0.1, 0.15) is 12.1 Å². The van der Waals surface area contributed by atoms with Crippen LogP contribution in [-0.4, -0.2) is 96.5 Å². The van der Waals surface area contributed by atoms with E-state index in [1.165, 1.54) is 11.1 Å². The van der Waals surface area contributed by atoms with Crippen molar-refractivity contribution in [2.24, 2.45) is 22.7 Å².